The van der Waals surface area contributed by atoms with Gasteiger partial charge in [-0.15, -0.1) is 0 Å². The van der Waals surface area contributed by atoms with Gasteiger partial charge in [0.25, 0.3) is 0 Å². The van der Waals surface area contributed by atoms with Gasteiger partial charge in [-0.25, -0.2) is 17.6 Å². The molecule has 4 aromatic carbocycles. The Kier molecular flexibility index (Phi) is 8.43. The number of sulfone groups is 1. The van der Waals surface area contributed by atoms with Crippen molar-refractivity contribution in [1.82, 2.24) is 9.78 Å². The molecule has 0 aliphatic heterocycles. The van der Waals surface area contributed by atoms with Gasteiger partial charge in [-0.2, -0.15) is 18.3 Å². The second kappa shape index (κ2) is 12.1. The van der Waals surface area contributed by atoms with Gasteiger partial charge in [-0.1, -0.05) is 19.1 Å². The van der Waals surface area contributed by atoms with Crippen molar-refractivity contribution in [2.45, 2.75) is 18.0 Å². The Balaban J connectivity index is 1.34. The van der Waals surface area contributed by atoms with E-state index in [1.165, 1.54) is 19.2 Å². The Morgan fingerprint density at radius 1 is 0.911 bits per heavy atom. The highest BCUT2D eigenvalue weighted by Crippen LogP contribution is 2.35. The number of alkyl halides is 3. The summed E-state index contributed by atoms with van der Waals surface area (Å²) in [5, 5.41) is 13.3. The van der Waals surface area contributed by atoms with Crippen LogP contribution in [0.25, 0.3) is 22.2 Å². The summed E-state index contributed by atoms with van der Waals surface area (Å²) in [7, 11) is -0.158. The molecule has 45 heavy (non-hydrogen) atoms. The van der Waals surface area contributed by atoms with E-state index in [4.69, 9.17) is 4.74 Å². The van der Waals surface area contributed by atoms with Crippen LogP contribution in [0, 0.1) is 5.82 Å². The van der Waals surface area contributed by atoms with Gasteiger partial charge >= 0.3 is 12.2 Å². The van der Waals surface area contributed by atoms with Gasteiger partial charge in [-0.05, 0) is 66.7 Å². The van der Waals surface area contributed by atoms with Gasteiger partial charge in [0.15, 0.2) is 9.84 Å². The van der Waals surface area contributed by atoms with E-state index < -0.39 is 39.1 Å². The molecule has 0 spiro atoms. The van der Waals surface area contributed by atoms with Gasteiger partial charge in [-0.3, -0.25) is 4.68 Å². The Bertz CT molecular complexity index is 2010. The predicted molar refractivity (Wildman–Crippen MR) is 164 cm³/mol. The summed E-state index contributed by atoms with van der Waals surface area (Å²) in [5.41, 5.74) is 1.91. The second-order valence-electron chi connectivity index (χ2n) is 9.94. The largest absolute Gasteiger partial charge is 0.495 e. The van der Waals surface area contributed by atoms with Crippen LogP contribution in [-0.4, -0.2) is 37.1 Å². The number of nitrogens with zero attached hydrogens (tertiary/aromatic N) is 2. The number of hydrogen-bond acceptors (Lipinski definition) is 6. The molecule has 0 saturated heterocycles. The smallest absolute Gasteiger partial charge is 0.416 e. The average Bonchev–Trinajstić information content (AvgIpc) is 3.33. The third kappa shape index (κ3) is 6.70. The second-order valence-corrected chi connectivity index (χ2v) is 12.2. The SMILES string of the molecule is CCS(=O)(=O)c1ccc(OC)c(Nc2ccc3c(-c4ccc(NC(=O)Nc5cc(C(F)(F)F)ccc5F)cc4)nn(C)c3c2)c1. The molecule has 0 aliphatic carbocycles. The molecule has 1 aromatic heterocycles. The summed E-state index contributed by atoms with van der Waals surface area (Å²) in [6.07, 6.45) is -4.69. The molecule has 0 radical (unpaired) electrons. The number of halogens is 4. The Hall–Kier alpha value is -5.11. The summed E-state index contributed by atoms with van der Waals surface area (Å²) >= 11 is 0. The lowest BCUT2D eigenvalue weighted by Gasteiger charge is -2.13. The molecule has 0 aliphatic rings. The highest BCUT2D eigenvalue weighted by atomic mass is 32.2. The molecule has 5 rings (SSSR count). The van der Waals surface area contributed by atoms with E-state index in [9.17, 15) is 30.8 Å². The zero-order valence-electron chi connectivity index (χ0n) is 24.2. The van der Waals surface area contributed by atoms with Gasteiger partial charge in [0, 0.05) is 29.4 Å². The molecule has 0 unspecified atom stereocenters. The number of aryl methyl sites for hydroxylation is 1. The number of methoxy groups -OCH3 is 1. The molecule has 234 valence electrons. The van der Waals surface area contributed by atoms with Crippen LogP contribution in [0.2, 0.25) is 0 Å². The fourth-order valence-electron chi connectivity index (χ4n) is 4.64. The first-order valence-electron chi connectivity index (χ1n) is 13.5. The first-order chi connectivity index (χ1) is 21.3. The number of carbonyl (C=O) groups is 1. The zero-order chi connectivity index (χ0) is 32.5. The van der Waals surface area contributed by atoms with Crippen LogP contribution in [0.4, 0.5) is 45.1 Å². The molecule has 0 fully saturated rings. The lowest BCUT2D eigenvalue weighted by Crippen LogP contribution is -2.20. The summed E-state index contributed by atoms with van der Waals surface area (Å²) in [6.45, 7) is 1.58. The van der Waals surface area contributed by atoms with Gasteiger partial charge < -0.3 is 20.7 Å². The minimum Gasteiger partial charge on any atom is -0.495 e. The van der Waals surface area contributed by atoms with Crippen molar-refractivity contribution < 1.29 is 35.5 Å². The van der Waals surface area contributed by atoms with Crippen LogP contribution < -0.4 is 20.7 Å². The molecule has 5 aromatic rings. The van der Waals surface area contributed by atoms with Crippen LogP contribution in [0.15, 0.2) is 83.8 Å². The molecular formula is C31H27F4N5O4S. The average molecular weight is 642 g/mol. The Labute approximate surface area is 255 Å². The van der Waals surface area contributed by atoms with E-state index in [1.807, 2.05) is 18.2 Å². The standard InChI is InChI=1S/C31H27F4N5O4S/c1-4-45(42,43)22-11-14-28(44-3)26(17-22)36-21-10-12-23-27(16-21)40(2)39-29(23)18-5-8-20(9-6-18)37-30(41)38-25-15-19(31(33,34)35)7-13-24(25)32/h5-17,36H,4H2,1-3H3,(H2,37,38,41). The van der Waals surface area contributed by atoms with Crippen LogP contribution in [0.1, 0.15) is 12.5 Å². The number of amides is 2. The van der Waals surface area contributed by atoms with Crippen LogP contribution in [0.3, 0.4) is 0 Å². The molecule has 0 bridgehead atoms. The van der Waals surface area contributed by atoms with E-state index in [2.05, 4.69) is 21.0 Å². The number of benzene rings is 4. The first-order valence-corrected chi connectivity index (χ1v) is 15.1. The minimum atomic E-state index is -4.69. The molecule has 1 heterocycles. The molecule has 0 atom stereocenters. The van der Waals surface area contributed by atoms with E-state index in [0.29, 0.717) is 46.7 Å². The van der Waals surface area contributed by atoms with Crippen molar-refractivity contribution in [3.05, 3.63) is 90.2 Å². The van der Waals surface area contributed by atoms with Crippen molar-refractivity contribution in [3.63, 3.8) is 0 Å². The Morgan fingerprint density at radius 3 is 2.29 bits per heavy atom. The maximum Gasteiger partial charge on any atom is 0.416 e. The van der Waals surface area contributed by atoms with Crippen molar-refractivity contribution >= 4 is 49.5 Å². The molecule has 9 nitrogen and oxygen atoms in total. The summed E-state index contributed by atoms with van der Waals surface area (Å²) in [4.78, 5) is 12.6. The normalized spacial score (nSPS) is 11.8. The minimum absolute atomic E-state index is 0.0352. The lowest BCUT2D eigenvalue weighted by molar-refractivity contribution is -0.137. The van der Waals surface area contributed by atoms with Crippen LogP contribution in [-0.2, 0) is 23.1 Å². The van der Waals surface area contributed by atoms with E-state index in [-0.39, 0.29) is 10.6 Å². The third-order valence-electron chi connectivity index (χ3n) is 7.00. The lowest BCUT2D eigenvalue weighted by atomic mass is 10.1. The summed E-state index contributed by atoms with van der Waals surface area (Å²) in [6, 6.07) is 17.6. The van der Waals surface area contributed by atoms with E-state index in [0.717, 1.165) is 16.5 Å². The van der Waals surface area contributed by atoms with Crippen LogP contribution >= 0.6 is 0 Å². The predicted octanol–water partition coefficient (Wildman–Crippen LogP) is 7.59. The third-order valence-corrected chi connectivity index (χ3v) is 8.73. The molecule has 0 saturated carbocycles. The zero-order valence-corrected chi connectivity index (χ0v) is 25.0. The molecule has 14 heteroatoms. The molecule has 2 amide bonds. The Morgan fingerprint density at radius 2 is 1.62 bits per heavy atom. The van der Waals surface area contributed by atoms with Gasteiger partial charge in [0.1, 0.15) is 17.3 Å². The first kappa shape index (κ1) is 31.3. The fourth-order valence-corrected chi connectivity index (χ4v) is 5.55. The fraction of sp³-hybridized carbons (Fsp3) is 0.161. The molecule has 3 N–H and O–H groups in total. The highest BCUT2D eigenvalue weighted by Gasteiger charge is 2.31. The monoisotopic (exact) mass is 641 g/mol. The van der Waals surface area contributed by atoms with Crippen molar-refractivity contribution in [3.8, 4) is 17.0 Å². The van der Waals surface area contributed by atoms with Gasteiger partial charge in [0.05, 0.1) is 40.2 Å². The number of rotatable bonds is 8. The van der Waals surface area contributed by atoms with Gasteiger partial charge in [0.2, 0.25) is 0 Å². The number of carbonyl (C=O) groups excluding carboxylic acids is 1. The number of fused-ring (bicyclic) bond motifs is 1. The number of nitrogens with one attached hydrogen (secondary N) is 3. The van der Waals surface area contributed by atoms with E-state index in [1.54, 1.807) is 49.0 Å². The van der Waals surface area contributed by atoms with Crippen molar-refractivity contribution in [2.75, 3.05) is 28.8 Å². The van der Waals surface area contributed by atoms with E-state index >= 15 is 0 Å². The maximum absolute atomic E-state index is 14.0. The molecular weight excluding hydrogens is 614 g/mol. The number of aromatic nitrogens is 2. The highest BCUT2D eigenvalue weighted by molar-refractivity contribution is 7.91. The number of hydrogen-bond donors (Lipinski definition) is 3. The maximum atomic E-state index is 14.0. The van der Waals surface area contributed by atoms with Crippen LogP contribution in [0.5, 0.6) is 5.75 Å². The number of urea groups is 1. The van der Waals surface area contributed by atoms with Crippen molar-refractivity contribution in [2.24, 2.45) is 7.05 Å². The number of ether oxygens (including phenoxy) is 1. The number of anilines is 4. The van der Waals surface area contributed by atoms with Crippen molar-refractivity contribution in [1.29, 1.82) is 0 Å². The summed E-state index contributed by atoms with van der Waals surface area (Å²) < 4.78 is 84.9. The quantitative estimate of drug-likeness (QED) is 0.151. The summed E-state index contributed by atoms with van der Waals surface area (Å²) in [5.74, 6) is -0.573. The topological polar surface area (TPSA) is 114 Å².